The maximum atomic E-state index is 11.8. The van der Waals surface area contributed by atoms with Gasteiger partial charge in [-0.15, -0.1) is 13.2 Å². The molecule has 2 nitrogen and oxygen atoms in total. The van der Waals surface area contributed by atoms with E-state index in [1.807, 2.05) is 0 Å². The van der Waals surface area contributed by atoms with E-state index in [9.17, 15) is 13.2 Å². The number of alkyl halides is 3. The predicted molar refractivity (Wildman–Crippen MR) is 44.7 cm³/mol. The van der Waals surface area contributed by atoms with Crippen LogP contribution in [0.4, 0.5) is 13.2 Å². The Hall–Kier alpha value is -1.10. The molecule has 1 aromatic rings. The van der Waals surface area contributed by atoms with E-state index < -0.39 is 6.36 Å². The molecule has 14 heavy (non-hydrogen) atoms. The molecule has 6 heteroatoms. The van der Waals surface area contributed by atoms with E-state index in [0.29, 0.717) is 5.75 Å². The van der Waals surface area contributed by atoms with Gasteiger partial charge in [-0.05, 0) is 12.1 Å². The summed E-state index contributed by atoms with van der Waals surface area (Å²) in [6.45, 7) is 0. The molecule has 0 atom stereocenters. The third-order valence-corrected chi connectivity index (χ3v) is 1.65. The Kier molecular flexibility index (Phi) is 3.10. The summed E-state index contributed by atoms with van der Waals surface area (Å²) in [5, 5.41) is 0.0641. The van der Waals surface area contributed by atoms with Crippen LogP contribution < -0.4 is 9.47 Å². The van der Waals surface area contributed by atoms with Crippen molar-refractivity contribution in [2.75, 3.05) is 7.11 Å². The highest BCUT2D eigenvalue weighted by Gasteiger charge is 2.31. The average Bonchev–Trinajstić information content (AvgIpc) is 2.01. The molecule has 0 saturated heterocycles. The summed E-state index contributed by atoms with van der Waals surface area (Å²) in [5.74, 6) is -0.0792. The van der Waals surface area contributed by atoms with Crippen LogP contribution in [0.5, 0.6) is 11.5 Å². The zero-order valence-electron chi connectivity index (χ0n) is 7.06. The molecule has 0 saturated carbocycles. The van der Waals surface area contributed by atoms with Crippen molar-refractivity contribution in [2.24, 2.45) is 0 Å². The normalized spacial score (nSPS) is 11.2. The lowest BCUT2D eigenvalue weighted by Gasteiger charge is -2.10. The van der Waals surface area contributed by atoms with E-state index in [-0.39, 0.29) is 10.8 Å². The Morgan fingerprint density at radius 1 is 1.29 bits per heavy atom. The molecular weight excluding hydrogens is 221 g/mol. The smallest absolute Gasteiger partial charge is 0.495 e. The fourth-order valence-corrected chi connectivity index (χ4v) is 1.09. The summed E-state index contributed by atoms with van der Waals surface area (Å²) < 4.78 is 43.7. The van der Waals surface area contributed by atoms with E-state index in [2.05, 4.69) is 4.74 Å². The van der Waals surface area contributed by atoms with Crippen molar-refractivity contribution in [3.63, 3.8) is 0 Å². The van der Waals surface area contributed by atoms with Crippen LogP contribution in [-0.4, -0.2) is 13.5 Å². The van der Waals surface area contributed by atoms with E-state index in [0.717, 1.165) is 12.1 Å². The molecule has 0 unspecified atom stereocenters. The summed E-state index contributed by atoms with van der Waals surface area (Å²) in [6, 6.07) is 3.45. The summed E-state index contributed by atoms with van der Waals surface area (Å²) >= 11 is 5.59. The summed E-state index contributed by atoms with van der Waals surface area (Å²) in [5.41, 5.74) is 0. The first-order valence-electron chi connectivity index (χ1n) is 3.51. The quantitative estimate of drug-likeness (QED) is 0.771. The Morgan fingerprint density at radius 3 is 2.36 bits per heavy atom. The molecule has 0 aromatic heterocycles. The Balaban J connectivity index is 2.87. The van der Waals surface area contributed by atoms with E-state index in [4.69, 9.17) is 16.3 Å². The van der Waals surface area contributed by atoms with Crippen LogP contribution in [0.25, 0.3) is 0 Å². The number of benzene rings is 1. The Bertz CT molecular complexity index is 325. The summed E-state index contributed by atoms with van der Waals surface area (Å²) in [6.07, 6.45) is -4.71. The van der Waals surface area contributed by atoms with Gasteiger partial charge in [0.2, 0.25) is 0 Å². The Morgan fingerprint density at radius 2 is 1.93 bits per heavy atom. The lowest BCUT2D eigenvalue weighted by Crippen LogP contribution is -2.17. The molecule has 0 heterocycles. The minimum absolute atomic E-state index is 0.0641. The zero-order valence-corrected chi connectivity index (χ0v) is 7.82. The number of ether oxygens (including phenoxy) is 2. The van der Waals surface area contributed by atoms with Gasteiger partial charge >= 0.3 is 6.36 Å². The number of rotatable bonds is 2. The molecule has 0 aliphatic heterocycles. The fraction of sp³-hybridized carbons (Fsp3) is 0.250. The molecule has 1 rings (SSSR count). The number of halogens is 4. The molecule has 0 aliphatic rings. The topological polar surface area (TPSA) is 18.5 Å². The van der Waals surface area contributed by atoms with Crippen LogP contribution in [0.3, 0.4) is 0 Å². The van der Waals surface area contributed by atoms with Crippen molar-refractivity contribution in [1.82, 2.24) is 0 Å². The van der Waals surface area contributed by atoms with Crippen LogP contribution in [0.15, 0.2) is 18.2 Å². The van der Waals surface area contributed by atoms with Crippen molar-refractivity contribution < 1.29 is 22.6 Å². The zero-order chi connectivity index (χ0) is 10.8. The number of hydrogen-bond donors (Lipinski definition) is 0. The Labute approximate surface area is 83.2 Å². The van der Waals surface area contributed by atoms with Gasteiger partial charge in [-0.3, -0.25) is 0 Å². The van der Waals surface area contributed by atoms with Crippen LogP contribution >= 0.6 is 11.6 Å². The molecule has 1 aromatic carbocycles. The van der Waals surface area contributed by atoms with E-state index in [1.54, 1.807) is 0 Å². The first-order chi connectivity index (χ1) is 6.42. The second kappa shape index (κ2) is 3.96. The highest BCUT2D eigenvalue weighted by Crippen LogP contribution is 2.31. The highest BCUT2D eigenvalue weighted by atomic mass is 35.5. The molecule has 78 valence electrons. The van der Waals surface area contributed by atoms with Crippen molar-refractivity contribution in [3.05, 3.63) is 23.2 Å². The van der Waals surface area contributed by atoms with Crippen LogP contribution in [0.1, 0.15) is 0 Å². The van der Waals surface area contributed by atoms with Crippen molar-refractivity contribution >= 4 is 11.6 Å². The molecule has 0 bridgehead atoms. The monoisotopic (exact) mass is 226 g/mol. The van der Waals surface area contributed by atoms with Gasteiger partial charge in [0, 0.05) is 6.07 Å². The first kappa shape index (κ1) is 11.0. The molecule has 0 radical (unpaired) electrons. The van der Waals surface area contributed by atoms with E-state index >= 15 is 0 Å². The molecule has 0 amide bonds. The first-order valence-corrected chi connectivity index (χ1v) is 3.89. The van der Waals surface area contributed by atoms with Gasteiger partial charge in [-0.25, -0.2) is 0 Å². The summed E-state index contributed by atoms with van der Waals surface area (Å²) in [7, 11) is 1.37. The largest absolute Gasteiger partial charge is 0.573 e. The second-order valence-electron chi connectivity index (χ2n) is 2.34. The minimum Gasteiger partial charge on any atom is -0.495 e. The SMILES string of the molecule is COc1ccc(OC(F)(F)F)cc1Cl. The van der Waals surface area contributed by atoms with Crippen LogP contribution in [0, 0.1) is 0 Å². The van der Waals surface area contributed by atoms with Crippen LogP contribution in [0.2, 0.25) is 5.02 Å². The maximum absolute atomic E-state index is 11.8. The molecule has 0 spiro atoms. The van der Waals surface area contributed by atoms with Crippen molar-refractivity contribution in [1.29, 1.82) is 0 Å². The maximum Gasteiger partial charge on any atom is 0.573 e. The number of methoxy groups -OCH3 is 1. The average molecular weight is 227 g/mol. The molecule has 0 N–H and O–H groups in total. The third-order valence-electron chi connectivity index (χ3n) is 1.36. The van der Waals surface area contributed by atoms with Gasteiger partial charge in [0.15, 0.2) is 0 Å². The van der Waals surface area contributed by atoms with Crippen LogP contribution in [-0.2, 0) is 0 Å². The highest BCUT2D eigenvalue weighted by molar-refractivity contribution is 6.32. The van der Waals surface area contributed by atoms with Gasteiger partial charge in [-0.1, -0.05) is 11.6 Å². The third kappa shape index (κ3) is 2.99. The fourth-order valence-electron chi connectivity index (χ4n) is 0.844. The van der Waals surface area contributed by atoms with Gasteiger partial charge in [0.25, 0.3) is 0 Å². The van der Waals surface area contributed by atoms with Gasteiger partial charge in [0.1, 0.15) is 11.5 Å². The lowest BCUT2D eigenvalue weighted by atomic mass is 10.3. The lowest BCUT2D eigenvalue weighted by molar-refractivity contribution is -0.274. The molecular formula is C8H6ClF3O2. The molecule has 0 fully saturated rings. The second-order valence-corrected chi connectivity index (χ2v) is 2.75. The van der Waals surface area contributed by atoms with Gasteiger partial charge in [-0.2, -0.15) is 0 Å². The van der Waals surface area contributed by atoms with Crippen molar-refractivity contribution in [2.45, 2.75) is 6.36 Å². The standard InChI is InChI=1S/C8H6ClF3O2/c1-13-7-3-2-5(4-6(7)9)14-8(10,11)12/h2-4H,1H3. The summed E-state index contributed by atoms with van der Waals surface area (Å²) in [4.78, 5) is 0. The molecule has 0 aliphatic carbocycles. The minimum atomic E-state index is -4.71. The van der Waals surface area contributed by atoms with Gasteiger partial charge < -0.3 is 9.47 Å². The predicted octanol–water partition coefficient (Wildman–Crippen LogP) is 3.25. The van der Waals surface area contributed by atoms with E-state index in [1.165, 1.54) is 13.2 Å². The van der Waals surface area contributed by atoms with Gasteiger partial charge in [0.05, 0.1) is 12.1 Å². The number of hydrogen-bond acceptors (Lipinski definition) is 2. The van der Waals surface area contributed by atoms with Crippen molar-refractivity contribution in [3.8, 4) is 11.5 Å².